The molecule has 4 heteroatoms. The second-order valence-corrected chi connectivity index (χ2v) is 6.35. The number of furan rings is 1. The lowest BCUT2D eigenvalue weighted by Crippen LogP contribution is -2.39. The van der Waals surface area contributed by atoms with Crippen LogP contribution in [0.2, 0.25) is 0 Å². The van der Waals surface area contributed by atoms with Gasteiger partial charge >= 0.3 is 0 Å². The molecule has 3 heterocycles. The van der Waals surface area contributed by atoms with Crippen molar-refractivity contribution >= 4 is 27.8 Å². The van der Waals surface area contributed by atoms with E-state index >= 15 is 0 Å². The minimum Gasteiger partial charge on any atom is -0.435 e. The molecule has 0 bridgehead atoms. The third-order valence-electron chi connectivity index (χ3n) is 4.66. The lowest BCUT2D eigenvalue weighted by molar-refractivity contribution is 0.263. The van der Waals surface area contributed by atoms with E-state index in [0.717, 1.165) is 27.7 Å². The summed E-state index contributed by atoms with van der Waals surface area (Å²) < 4.78 is 37.8. The molecule has 0 saturated carbocycles. The number of rotatable bonds is 2. The van der Waals surface area contributed by atoms with E-state index in [1.807, 2.05) is 56.1 Å². The first kappa shape index (κ1) is 11.1. The van der Waals surface area contributed by atoms with Gasteiger partial charge in [-0.3, -0.25) is 0 Å². The highest BCUT2D eigenvalue weighted by molar-refractivity contribution is 6.08. The number of hydrogen-bond donors (Lipinski definition) is 0. The van der Waals surface area contributed by atoms with Crippen molar-refractivity contribution in [2.24, 2.45) is 0 Å². The fraction of sp³-hybridized carbons (Fsp3) is 0.350. The van der Waals surface area contributed by atoms with Crippen LogP contribution in [0, 0.1) is 13.8 Å². The van der Waals surface area contributed by atoms with E-state index in [-0.39, 0.29) is 6.17 Å². The summed E-state index contributed by atoms with van der Waals surface area (Å²) in [4.78, 5) is 8.02. The number of hydrogen-bond acceptors (Lipinski definition) is 4. The second-order valence-electron chi connectivity index (χ2n) is 6.35. The zero-order valence-corrected chi connectivity index (χ0v) is 14.3. The number of anilines is 1. The van der Waals surface area contributed by atoms with Crippen LogP contribution in [-0.4, -0.2) is 22.1 Å². The Morgan fingerprint density at radius 1 is 1.21 bits per heavy atom. The fourth-order valence-corrected chi connectivity index (χ4v) is 3.40. The van der Waals surface area contributed by atoms with Gasteiger partial charge in [0.15, 0.2) is 5.58 Å². The molecule has 0 amide bonds. The molecular weight excluding hydrogens is 298 g/mol. The van der Waals surface area contributed by atoms with E-state index in [9.17, 15) is 0 Å². The first-order chi connectivity index (χ1) is 13.0. The average molecular weight is 325 g/mol. The molecular formula is C20H23N3O. The number of fused-ring (bicyclic) bond motifs is 3. The Balaban J connectivity index is 1.85. The predicted octanol–water partition coefficient (Wildman–Crippen LogP) is 4.95. The van der Waals surface area contributed by atoms with Gasteiger partial charge in [0.25, 0.3) is 0 Å². The van der Waals surface area contributed by atoms with E-state index in [1.165, 1.54) is 6.92 Å². The van der Waals surface area contributed by atoms with Gasteiger partial charge in [-0.15, -0.1) is 0 Å². The van der Waals surface area contributed by atoms with E-state index in [1.54, 1.807) is 11.1 Å². The van der Waals surface area contributed by atoms with Crippen molar-refractivity contribution < 1.29 is 9.90 Å². The lowest BCUT2D eigenvalue weighted by Gasteiger charge is -2.33. The SMILES string of the molecule is [2H]C([2H])([2H])C([2H])(C)N1C=CN(c2c(C)ccc3c2oc2nc(C)ccc23)C1C. The van der Waals surface area contributed by atoms with E-state index in [2.05, 4.69) is 4.98 Å². The van der Waals surface area contributed by atoms with Gasteiger partial charge < -0.3 is 14.2 Å². The van der Waals surface area contributed by atoms with Crippen LogP contribution in [0.25, 0.3) is 22.1 Å². The van der Waals surface area contributed by atoms with Crippen molar-refractivity contribution in [1.29, 1.82) is 0 Å². The van der Waals surface area contributed by atoms with Crippen LogP contribution in [-0.2, 0) is 0 Å². The molecule has 2 atom stereocenters. The second kappa shape index (κ2) is 5.26. The Morgan fingerprint density at radius 3 is 2.79 bits per heavy atom. The van der Waals surface area contributed by atoms with E-state index in [0.29, 0.717) is 11.3 Å². The summed E-state index contributed by atoms with van der Waals surface area (Å²) >= 11 is 0. The number of benzene rings is 1. The summed E-state index contributed by atoms with van der Waals surface area (Å²) in [7, 11) is 0. The highest BCUT2D eigenvalue weighted by atomic mass is 16.3. The van der Waals surface area contributed by atoms with Crippen molar-refractivity contribution in [2.45, 2.75) is 46.7 Å². The molecule has 0 spiro atoms. The smallest absolute Gasteiger partial charge is 0.227 e. The molecule has 3 aromatic rings. The number of aryl methyl sites for hydroxylation is 2. The summed E-state index contributed by atoms with van der Waals surface area (Å²) in [5.74, 6) is 0. The molecule has 2 aromatic heterocycles. The molecule has 0 saturated heterocycles. The van der Waals surface area contributed by atoms with Gasteiger partial charge in [0.2, 0.25) is 5.71 Å². The standard InChI is InChI=1S/C20H23N3O/c1-12(2)22-10-11-23(15(22)5)18-13(3)6-8-16-17-9-7-14(4)21-20(17)24-19(16)18/h6-12,15H,1-5H3/i1D3,12D. The molecule has 4 nitrogen and oxygen atoms in total. The van der Waals surface area contributed by atoms with Crippen LogP contribution in [0.4, 0.5) is 5.69 Å². The molecule has 0 fully saturated rings. The third-order valence-corrected chi connectivity index (χ3v) is 4.66. The minimum atomic E-state index is -2.44. The fourth-order valence-electron chi connectivity index (χ4n) is 3.40. The Bertz CT molecular complexity index is 1100. The van der Waals surface area contributed by atoms with Crippen LogP contribution in [0.1, 0.15) is 37.4 Å². The number of pyridine rings is 1. The molecule has 1 aromatic carbocycles. The summed E-state index contributed by atoms with van der Waals surface area (Å²) in [6.07, 6.45) is 3.14. The zero-order valence-electron chi connectivity index (χ0n) is 18.3. The molecule has 24 heavy (non-hydrogen) atoms. The maximum absolute atomic E-state index is 8.44. The predicted molar refractivity (Wildman–Crippen MR) is 99.0 cm³/mol. The highest BCUT2D eigenvalue weighted by Gasteiger charge is 2.28. The maximum atomic E-state index is 8.44. The van der Waals surface area contributed by atoms with Gasteiger partial charge in [-0.1, -0.05) is 12.1 Å². The zero-order chi connectivity index (χ0) is 20.4. The van der Waals surface area contributed by atoms with Gasteiger partial charge in [0.1, 0.15) is 6.17 Å². The monoisotopic (exact) mass is 325 g/mol. The number of aromatic nitrogens is 1. The van der Waals surface area contributed by atoms with Crippen LogP contribution >= 0.6 is 0 Å². The summed E-state index contributed by atoms with van der Waals surface area (Å²) in [6, 6.07) is 6.27. The topological polar surface area (TPSA) is 32.5 Å². The quantitative estimate of drug-likeness (QED) is 0.667. The lowest BCUT2D eigenvalue weighted by atomic mass is 10.1. The molecule has 4 rings (SSSR count). The Morgan fingerprint density at radius 2 is 2.00 bits per heavy atom. The van der Waals surface area contributed by atoms with E-state index in [4.69, 9.17) is 9.90 Å². The molecule has 0 N–H and O–H groups in total. The van der Waals surface area contributed by atoms with Crippen LogP contribution in [0.5, 0.6) is 0 Å². The Kier molecular flexibility index (Phi) is 2.44. The Hall–Kier alpha value is -2.49. The molecule has 0 radical (unpaired) electrons. The van der Waals surface area contributed by atoms with Crippen molar-refractivity contribution in [2.75, 3.05) is 4.90 Å². The van der Waals surface area contributed by atoms with Crippen molar-refractivity contribution in [1.82, 2.24) is 9.88 Å². The molecule has 1 aliphatic rings. The molecule has 0 aliphatic carbocycles. The van der Waals surface area contributed by atoms with Gasteiger partial charge in [0.05, 0.1) is 7.06 Å². The minimum absolute atomic E-state index is 0.352. The summed E-state index contributed by atoms with van der Waals surface area (Å²) in [5, 5.41) is 1.91. The van der Waals surface area contributed by atoms with Crippen molar-refractivity contribution in [3.8, 4) is 0 Å². The highest BCUT2D eigenvalue weighted by Crippen LogP contribution is 2.39. The first-order valence-corrected chi connectivity index (χ1v) is 8.07. The van der Waals surface area contributed by atoms with Crippen LogP contribution < -0.4 is 4.90 Å². The normalized spacial score (nSPS) is 23.2. The van der Waals surface area contributed by atoms with Gasteiger partial charge in [-0.25, -0.2) is 4.98 Å². The third kappa shape index (κ3) is 2.09. The largest absolute Gasteiger partial charge is 0.435 e. The van der Waals surface area contributed by atoms with Crippen LogP contribution in [0.3, 0.4) is 0 Å². The Labute approximate surface area is 148 Å². The van der Waals surface area contributed by atoms with Gasteiger partial charge in [0, 0.05) is 39.0 Å². The van der Waals surface area contributed by atoms with Crippen molar-refractivity contribution in [3.63, 3.8) is 0 Å². The van der Waals surface area contributed by atoms with Crippen molar-refractivity contribution in [3.05, 3.63) is 47.9 Å². The van der Waals surface area contributed by atoms with Gasteiger partial charge in [-0.2, -0.15) is 0 Å². The molecule has 1 aliphatic heterocycles. The maximum Gasteiger partial charge on any atom is 0.227 e. The van der Waals surface area contributed by atoms with Crippen LogP contribution in [0.15, 0.2) is 41.1 Å². The molecule has 2 unspecified atom stereocenters. The summed E-state index contributed by atoms with van der Waals surface area (Å²) in [5.41, 5.74) is 4.05. The summed E-state index contributed by atoms with van der Waals surface area (Å²) in [6.45, 7) is 4.79. The average Bonchev–Trinajstić information content (AvgIpc) is 3.14. The van der Waals surface area contributed by atoms with Gasteiger partial charge in [-0.05, 0) is 52.2 Å². The van der Waals surface area contributed by atoms with E-state index < -0.39 is 12.9 Å². The first-order valence-electron chi connectivity index (χ1n) is 10.1. The number of nitrogens with zero attached hydrogens (tertiary/aromatic N) is 3. The molecule has 124 valence electrons.